The highest BCUT2D eigenvalue weighted by Gasteiger charge is 2.40. The molecule has 5 nitrogen and oxygen atoms in total. The summed E-state index contributed by atoms with van der Waals surface area (Å²) in [5, 5.41) is 3.12. The van der Waals surface area contributed by atoms with Crippen LogP contribution in [0.25, 0.3) is 0 Å². The number of sulfonamides is 1. The molecule has 3 atom stereocenters. The second-order valence-corrected chi connectivity index (χ2v) is 10.4. The predicted octanol–water partition coefficient (Wildman–Crippen LogP) is 3.80. The Labute approximate surface area is 173 Å². The number of nitrogens with zero attached hydrogens (tertiary/aromatic N) is 1. The molecule has 1 N–H and O–H groups in total. The van der Waals surface area contributed by atoms with Gasteiger partial charge in [-0.3, -0.25) is 9.10 Å². The van der Waals surface area contributed by atoms with Crippen molar-refractivity contribution in [1.29, 1.82) is 0 Å². The fraction of sp³-hybridized carbons (Fsp3) is 0.435. The molecule has 0 saturated heterocycles. The lowest BCUT2D eigenvalue weighted by Crippen LogP contribution is -2.46. The number of carbonyl (C=O) groups excluding carboxylic acids is 1. The van der Waals surface area contributed by atoms with Crippen LogP contribution in [-0.4, -0.2) is 26.9 Å². The number of anilines is 1. The third kappa shape index (κ3) is 4.17. The largest absolute Gasteiger partial charge is 0.352 e. The molecule has 2 fully saturated rings. The molecule has 2 aliphatic rings. The van der Waals surface area contributed by atoms with E-state index in [1.165, 1.54) is 23.6 Å². The topological polar surface area (TPSA) is 66.5 Å². The molecular weight excluding hydrogens is 384 g/mol. The van der Waals surface area contributed by atoms with Crippen LogP contribution in [-0.2, 0) is 14.8 Å². The van der Waals surface area contributed by atoms with Crippen LogP contribution < -0.4 is 9.62 Å². The molecular formula is C23H28N2O3S. The van der Waals surface area contributed by atoms with E-state index in [0.29, 0.717) is 17.5 Å². The smallest absolute Gasteiger partial charge is 0.264 e. The number of amides is 1. The molecule has 0 radical (unpaired) electrons. The Morgan fingerprint density at radius 3 is 2.31 bits per heavy atom. The lowest BCUT2D eigenvalue weighted by atomic mass is 9.95. The van der Waals surface area contributed by atoms with Gasteiger partial charge in [0.05, 0.1) is 10.6 Å². The van der Waals surface area contributed by atoms with E-state index in [0.717, 1.165) is 17.5 Å². The molecule has 2 aromatic carbocycles. The Morgan fingerprint density at radius 2 is 1.72 bits per heavy atom. The minimum absolute atomic E-state index is 0.182. The molecule has 154 valence electrons. The van der Waals surface area contributed by atoms with Gasteiger partial charge in [-0.2, -0.15) is 0 Å². The van der Waals surface area contributed by atoms with E-state index in [9.17, 15) is 13.2 Å². The number of carbonyl (C=O) groups is 1. The minimum atomic E-state index is -3.85. The quantitative estimate of drug-likeness (QED) is 0.785. The fourth-order valence-electron chi connectivity index (χ4n) is 4.93. The molecule has 2 bridgehead atoms. The Hall–Kier alpha value is -2.34. The molecule has 0 aromatic heterocycles. The van der Waals surface area contributed by atoms with Crippen LogP contribution in [0.15, 0.2) is 53.4 Å². The zero-order valence-corrected chi connectivity index (χ0v) is 17.8. The number of hydrogen-bond acceptors (Lipinski definition) is 3. The van der Waals surface area contributed by atoms with Crippen LogP contribution in [0.4, 0.5) is 5.69 Å². The zero-order chi connectivity index (χ0) is 20.6. The lowest BCUT2D eigenvalue weighted by molar-refractivity contribution is -0.120. The molecule has 2 aromatic rings. The average molecular weight is 413 g/mol. The van der Waals surface area contributed by atoms with Crippen molar-refractivity contribution in [3.8, 4) is 0 Å². The highest BCUT2D eigenvalue weighted by atomic mass is 32.2. The molecule has 0 aliphatic heterocycles. The summed E-state index contributed by atoms with van der Waals surface area (Å²) >= 11 is 0. The third-order valence-corrected chi connectivity index (χ3v) is 7.99. The summed E-state index contributed by atoms with van der Waals surface area (Å²) < 4.78 is 28.0. The first kappa shape index (κ1) is 20.0. The highest BCUT2D eigenvalue weighted by Crippen LogP contribution is 2.44. The molecule has 4 rings (SSSR count). The zero-order valence-electron chi connectivity index (χ0n) is 17.0. The summed E-state index contributed by atoms with van der Waals surface area (Å²) in [6.07, 6.45) is 4.63. The van der Waals surface area contributed by atoms with Gasteiger partial charge in [0.1, 0.15) is 6.54 Å². The first-order valence-corrected chi connectivity index (χ1v) is 11.7. The SMILES string of the molecule is Cc1cc(C)cc(N(CC(=O)N[C@@H]2C[C@@H]3CC[C@@H]2C3)S(=O)(=O)c2ccccc2)c1. The van der Waals surface area contributed by atoms with Gasteiger partial charge in [-0.05, 0) is 80.3 Å². The molecule has 29 heavy (non-hydrogen) atoms. The Kier molecular flexibility index (Phi) is 5.38. The van der Waals surface area contributed by atoms with E-state index in [4.69, 9.17) is 0 Å². The van der Waals surface area contributed by atoms with Gasteiger partial charge in [-0.25, -0.2) is 8.42 Å². The summed E-state index contributed by atoms with van der Waals surface area (Å²) in [6.45, 7) is 3.65. The van der Waals surface area contributed by atoms with Gasteiger partial charge in [0, 0.05) is 6.04 Å². The molecule has 1 amide bonds. The van der Waals surface area contributed by atoms with Crippen molar-refractivity contribution in [3.05, 3.63) is 59.7 Å². The van der Waals surface area contributed by atoms with Crippen molar-refractivity contribution in [3.63, 3.8) is 0 Å². The van der Waals surface area contributed by atoms with Gasteiger partial charge in [0.15, 0.2) is 0 Å². The van der Waals surface area contributed by atoms with E-state index >= 15 is 0 Å². The van der Waals surface area contributed by atoms with Gasteiger partial charge >= 0.3 is 0 Å². The maximum atomic E-state index is 13.4. The monoisotopic (exact) mass is 412 g/mol. The van der Waals surface area contributed by atoms with Crippen molar-refractivity contribution < 1.29 is 13.2 Å². The van der Waals surface area contributed by atoms with Gasteiger partial charge < -0.3 is 5.32 Å². The van der Waals surface area contributed by atoms with Crippen LogP contribution in [0.1, 0.15) is 36.8 Å². The van der Waals surface area contributed by atoms with Gasteiger partial charge in [-0.15, -0.1) is 0 Å². The number of benzene rings is 2. The fourth-order valence-corrected chi connectivity index (χ4v) is 6.36. The molecule has 6 heteroatoms. The van der Waals surface area contributed by atoms with E-state index in [1.54, 1.807) is 30.3 Å². The molecule has 0 spiro atoms. The van der Waals surface area contributed by atoms with E-state index in [-0.39, 0.29) is 23.4 Å². The van der Waals surface area contributed by atoms with E-state index in [2.05, 4.69) is 5.32 Å². The van der Waals surface area contributed by atoms with Crippen LogP contribution in [0, 0.1) is 25.7 Å². The minimum Gasteiger partial charge on any atom is -0.352 e. The summed E-state index contributed by atoms with van der Waals surface area (Å²) in [5.41, 5.74) is 2.44. The summed E-state index contributed by atoms with van der Waals surface area (Å²) in [7, 11) is -3.85. The lowest BCUT2D eigenvalue weighted by Gasteiger charge is -2.27. The van der Waals surface area contributed by atoms with Crippen molar-refractivity contribution in [1.82, 2.24) is 5.32 Å². The number of fused-ring (bicyclic) bond motifs is 2. The maximum Gasteiger partial charge on any atom is 0.264 e. The second kappa shape index (κ2) is 7.82. The summed E-state index contributed by atoms with van der Waals surface area (Å²) in [6, 6.07) is 14.1. The average Bonchev–Trinajstić information content (AvgIpc) is 3.29. The second-order valence-electron chi connectivity index (χ2n) is 8.52. The molecule has 0 heterocycles. The van der Waals surface area contributed by atoms with Crippen LogP contribution in [0.2, 0.25) is 0 Å². The Bertz CT molecular complexity index is 984. The first-order valence-electron chi connectivity index (χ1n) is 10.3. The van der Waals surface area contributed by atoms with Gasteiger partial charge in [0.2, 0.25) is 5.91 Å². The van der Waals surface area contributed by atoms with Crippen molar-refractivity contribution >= 4 is 21.6 Å². The Morgan fingerprint density at radius 1 is 1.03 bits per heavy atom. The molecule has 2 aliphatic carbocycles. The highest BCUT2D eigenvalue weighted by molar-refractivity contribution is 7.92. The number of aryl methyl sites for hydroxylation is 2. The van der Waals surface area contributed by atoms with Crippen molar-refractivity contribution in [2.45, 2.75) is 50.5 Å². The number of hydrogen-bond donors (Lipinski definition) is 1. The summed E-state index contributed by atoms with van der Waals surface area (Å²) in [4.78, 5) is 13.1. The normalized spacial score (nSPS) is 23.2. The predicted molar refractivity (Wildman–Crippen MR) is 114 cm³/mol. The third-order valence-electron chi connectivity index (χ3n) is 6.20. The first-order chi connectivity index (χ1) is 13.8. The Balaban J connectivity index is 1.62. The van der Waals surface area contributed by atoms with E-state index < -0.39 is 10.0 Å². The van der Waals surface area contributed by atoms with Gasteiger partial charge in [-0.1, -0.05) is 30.7 Å². The maximum absolute atomic E-state index is 13.4. The molecule has 0 unspecified atom stereocenters. The van der Waals surface area contributed by atoms with Crippen molar-refractivity contribution in [2.24, 2.45) is 11.8 Å². The number of nitrogens with one attached hydrogen (secondary N) is 1. The van der Waals surface area contributed by atoms with Crippen LogP contribution >= 0.6 is 0 Å². The standard InChI is InChI=1S/C23H28N2O3S/c1-16-10-17(2)12-20(11-16)25(29(27,28)21-6-4-3-5-7-21)15-23(26)24-22-14-18-8-9-19(22)13-18/h3-7,10-12,18-19,22H,8-9,13-15H2,1-2H3,(H,24,26)/t18-,19-,22-/m1/s1. The number of rotatable bonds is 6. The summed E-state index contributed by atoms with van der Waals surface area (Å²) in [5.74, 6) is 1.03. The van der Waals surface area contributed by atoms with Crippen LogP contribution in [0.5, 0.6) is 0 Å². The van der Waals surface area contributed by atoms with Crippen LogP contribution in [0.3, 0.4) is 0 Å². The van der Waals surface area contributed by atoms with E-state index in [1.807, 2.05) is 32.0 Å². The van der Waals surface area contributed by atoms with Gasteiger partial charge in [0.25, 0.3) is 10.0 Å². The van der Waals surface area contributed by atoms with Crippen molar-refractivity contribution in [2.75, 3.05) is 10.8 Å². The molecule has 2 saturated carbocycles.